The standard InChI is InChI=1S/C20H29F3N4O/c21-20(22,23)17-12-18(25-14-24-17)27(15-4-5-15)16-6-10-26(11-7-16)13-19(28)8-2-1-3-9-19/h12,14-16,28H,1-11,13H2. The number of rotatable bonds is 5. The van der Waals surface area contributed by atoms with Gasteiger partial charge in [0.1, 0.15) is 17.8 Å². The van der Waals surface area contributed by atoms with Gasteiger partial charge < -0.3 is 14.9 Å². The molecule has 3 aliphatic rings. The SMILES string of the molecule is OC1(CN2CCC(N(c3cc(C(F)(F)F)ncn3)C3CC3)CC2)CCCCC1. The van der Waals surface area contributed by atoms with Crippen molar-refractivity contribution in [1.82, 2.24) is 14.9 Å². The lowest BCUT2D eigenvalue weighted by Gasteiger charge is -2.43. The van der Waals surface area contributed by atoms with E-state index in [9.17, 15) is 18.3 Å². The number of hydrogen-bond donors (Lipinski definition) is 1. The fraction of sp³-hybridized carbons (Fsp3) is 0.800. The van der Waals surface area contributed by atoms with Gasteiger partial charge in [0, 0.05) is 37.8 Å². The lowest BCUT2D eigenvalue weighted by molar-refractivity contribution is -0.141. The summed E-state index contributed by atoms with van der Waals surface area (Å²) >= 11 is 0. The molecule has 8 heteroatoms. The molecule has 0 spiro atoms. The number of halogens is 3. The van der Waals surface area contributed by atoms with Crippen LogP contribution >= 0.6 is 0 Å². The van der Waals surface area contributed by atoms with E-state index in [4.69, 9.17) is 0 Å². The molecule has 1 N–H and O–H groups in total. The Morgan fingerprint density at radius 3 is 2.29 bits per heavy atom. The number of likely N-dealkylation sites (tertiary alicyclic amines) is 1. The van der Waals surface area contributed by atoms with E-state index >= 15 is 0 Å². The minimum absolute atomic E-state index is 0.195. The van der Waals surface area contributed by atoms with Crippen molar-refractivity contribution in [3.8, 4) is 0 Å². The molecule has 4 rings (SSSR count). The summed E-state index contributed by atoms with van der Waals surface area (Å²) in [6.07, 6.45) is 5.51. The molecule has 2 heterocycles. The maximum absolute atomic E-state index is 13.1. The molecule has 3 fully saturated rings. The van der Waals surface area contributed by atoms with Crippen LogP contribution in [0.1, 0.15) is 63.5 Å². The van der Waals surface area contributed by atoms with Crippen LogP contribution in [0.15, 0.2) is 12.4 Å². The zero-order valence-electron chi connectivity index (χ0n) is 16.2. The first-order valence-corrected chi connectivity index (χ1v) is 10.5. The predicted octanol–water partition coefficient (Wildman–Crippen LogP) is 3.62. The van der Waals surface area contributed by atoms with Gasteiger partial charge in [-0.1, -0.05) is 19.3 Å². The third kappa shape index (κ3) is 4.59. The highest BCUT2D eigenvalue weighted by molar-refractivity contribution is 5.44. The zero-order valence-corrected chi connectivity index (χ0v) is 16.2. The lowest BCUT2D eigenvalue weighted by atomic mass is 9.84. The fourth-order valence-electron chi connectivity index (χ4n) is 4.81. The first-order valence-electron chi connectivity index (χ1n) is 10.5. The Morgan fingerprint density at radius 1 is 1.04 bits per heavy atom. The molecular weight excluding hydrogens is 369 g/mol. The number of alkyl halides is 3. The largest absolute Gasteiger partial charge is 0.433 e. The van der Waals surface area contributed by atoms with Gasteiger partial charge in [0.25, 0.3) is 0 Å². The molecule has 1 aromatic rings. The third-order valence-electron chi connectivity index (χ3n) is 6.40. The maximum atomic E-state index is 13.1. The first kappa shape index (κ1) is 19.9. The van der Waals surface area contributed by atoms with Gasteiger partial charge in [-0.15, -0.1) is 0 Å². The van der Waals surface area contributed by atoms with E-state index in [2.05, 4.69) is 19.8 Å². The topological polar surface area (TPSA) is 52.5 Å². The van der Waals surface area contributed by atoms with E-state index in [0.717, 1.165) is 83.4 Å². The summed E-state index contributed by atoms with van der Waals surface area (Å²) in [7, 11) is 0. The highest BCUT2D eigenvalue weighted by atomic mass is 19.4. The second-order valence-corrected chi connectivity index (χ2v) is 8.69. The Labute approximate surface area is 164 Å². The zero-order chi connectivity index (χ0) is 19.8. The maximum Gasteiger partial charge on any atom is 0.433 e. The average Bonchev–Trinajstić information content (AvgIpc) is 3.48. The van der Waals surface area contributed by atoms with Gasteiger partial charge >= 0.3 is 6.18 Å². The van der Waals surface area contributed by atoms with Crippen LogP contribution < -0.4 is 4.90 Å². The van der Waals surface area contributed by atoms with Gasteiger partial charge in [0.15, 0.2) is 0 Å². The summed E-state index contributed by atoms with van der Waals surface area (Å²) in [6.45, 7) is 2.45. The number of hydrogen-bond acceptors (Lipinski definition) is 5. The van der Waals surface area contributed by atoms with E-state index in [0.29, 0.717) is 5.82 Å². The molecule has 0 amide bonds. The Kier molecular flexibility index (Phi) is 5.53. The first-order chi connectivity index (χ1) is 13.3. The van der Waals surface area contributed by atoms with Gasteiger partial charge in [-0.3, -0.25) is 0 Å². The van der Waals surface area contributed by atoms with Gasteiger partial charge in [0.2, 0.25) is 0 Å². The van der Waals surface area contributed by atoms with Crippen LogP contribution in [0.25, 0.3) is 0 Å². The van der Waals surface area contributed by atoms with Gasteiger partial charge in [-0.2, -0.15) is 13.2 Å². The Hall–Kier alpha value is -1.41. The van der Waals surface area contributed by atoms with E-state index in [1.807, 2.05) is 0 Å². The number of aliphatic hydroxyl groups is 1. The average molecular weight is 398 g/mol. The number of β-amino-alcohol motifs (C(OH)–C–C–N with tert-alkyl or cyclic N) is 1. The van der Waals surface area contributed by atoms with Gasteiger partial charge in [0.05, 0.1) is 5.60 Å². The van der Waals surface area contributed by atoms with Crippen molar-refractivity contribution in [3.63, 3.8) is 0 Å². The number of nitrogens with zero attached hydrogens (tertiary/aromatic N) is 4. The number of anilines is 1. The normalized spacial score (nSPS) is 24.3. The highest BCUT2D eigenvalue weighted by Crippen LogP contribution is 2.37. The minimum Gasteiger partial charge on any atom is -0.389 e. The summed E-state index contributed by atoms with van der Waals surface area (Å²) in [5.41, 5.74) is -1.43. The van der Waals surface area contributed by atoms with Crippen LogP contribution in [0.3, 0.4) is 0 Å². The highest BCUT2D eigenvalue weighted by Gasteiger charge is 2.40. The van der Waals surface area contributed by atoms with Crippen LogP contribution in [0, 0.1) is 0 Å². The summed E-state index contributed by atoms with van der Waals surface area (Å²) in [5.74, 6) is 0.397. The van der Waals surface area contributed by atoms with E-state index in [1.54, 1.807) is 0 Å². The fourth-order valence-corrected chi connectivity index (χ4v) is 4.81. The molecule has 0 bridgehead atoms. The summed E-state index contributed by atoms with van der Waals surface area (Å²) in [6, 6.07) is 1.57. The van der Waals surface area contributed by atoms with Gasteiger partial charge in [-0.05, 0) is 38.5 Å². The van der Waals surface area contributed by atoms with Crippen molar-refractivity contribution in [1.29, 1.82) is 0 Å². The van der Waals surface area contributed by atoms with E-state index < -0.39 is 17.5 Å². The lowest BCUT2D eigenvalue weighted by Crippen LogP contribution is -2.51. The molecule has 156 valence electrons. The van der Waals surface area contributed by atoms with Crippen molar-refractivity contribution in [2.24, 2.45) is 0 Å². The monoisotopic (exact) mass is 398 g/mol. The van der Waals surface area contributed by atoms with Crippen LogP contribution in [0.5, 0.6) is 0 Å². The molecule has 1 aliphatic heterocycles. The molecule has 0 unspecified atom stereocenters. The molecule has 0 aromatic carbocycles. The van der Waals surface area contributed by atoms with Crippen molar-refractivity contribution < 1.29 is 18.3 Å². The van der Waals surface area contributed by atoms with Crippen molar-refractivity contribution in [2.45, 2.75) is 81.6 Å². The molecule has 0 radical (unpaired) electrons. The molecule has 1 aromatic heterocycles. The smallest absolute Gasteiger partial charge is 0.389 e. The van der Waals surface area contributed by atoms with E-state index in [-0.39, 0.29) is 12.1 Å². The molecule has 2 aliphatic carbocycles. The molecule has 0 atom stereocenters. The predicted molar refractivity (Wildman–Crippen MR) is 100 cm³/mol. The Morgan fingerprint density at radius 2 is 1.68 bits per heavy atom. The quantitative estimate of drug-likeness (QED) is 0.821. The van der Waals surface area contributed by atoms with Crippen molar-refractivity contribution in [2.75, 3.05) is 24.5 Å². The summed E-state index contributed by atoms with van der Waals surface area (Å²) in [5, 5.41) is 10.8. The van der Waals surface area contributed by atoms with Crippen LogP contribution in [0.4, 0.5) is 19.0 Å². The number of aromatic nitrogens is 2. The van der Waals surface area contributed by atoms with Gasteiger partial charge in [-0.25, -0.2) is 9.97 Å². The van der Waals surface area contributed by atoms with E-state index in [1.165, 1.54) is 6.42 Å². The molecule has 5 nitrogen and oxygen atoms in total. The molecular formula is C20H29F3N4O. The Balaban J connectivity index is 1.41. The second kappa shape index (κ2) is 7.78. The molecule has 1 saturated heterocycles. The third-order valence-corrected chi connectivity index (χ3v) is 6.40. The molecule has 28 heavy (non-hydrogen) atoms. The van der Waals surface area contributed by atoms with Crippen LogP contribution in [-0.4, -0.2) is 57.3 Å². The summed E-state index contributed by atoms with van der Waals surface area (Å²) in [4.78, 5) is 12.0. The Bertz CT molecular complexity index is 666. The van der Waals surface area contributed by atoms with Crippen molar-refractivity contribution >= 4 is 5.82 Å². The minimum atomic E-state index is -4.45. The number of piperidine rings is 1. The van der Waals surface area contributed by atoms with Crippen LogP contribution in [0.2, 0.25) is 0 Å². The van der Waals surface area contributed by atoms with Crippen LogP contribution in [-0.2, 0) is 6.18 Å². The second-order valence-electron chi connectivity index (χ2n) is 8.69. The summed E-state index contributed by atoms with van der Waals surface area (Å²) < 4.78 is 39.2. The van der Waals surface area contributed by atoms with Crippen molar-refractivity contribution in [3.05, 3.63) is 18.1 Å². The molecule has 2 saturated carbocycles.